The standard InChI is InChI=1S/C20H22N4O3/c1-13-6-8-24(9-7-13)18-11-17(21-12-22-18)23-20(25)16-10-14-4-3-5-15(26-2)19(14)27-16/h3-5,10-13H,6-9H2,1-2H3,(H,21,22,23,25). The van der Waals surface area contributed by atoms with E-state index in [1.54, 1.807) is 25.3 Å². The number of rotatable bonds is 4. The monoisotopic (exact) mass is 366 g/mol. The number of piperidine rings is 1. The number of para-hydroxylation sites is 1. The lowest BCUT2D eigenvalue weighted by Gasteiger charge is -2.31. The molecule has 1 aliphatic heterocycles. The van der Waals surface area contributed by atoms with Crippen LogP contribution >= 0.6 is 0 Å². The lowest BCUT2D eigenvalue weighted by molar-refractivity contribution is 0.0998. The fourth-order valence-electron chi connectivity index (χ4n) is 3.31. The van der Waals surface area contributed by atoms with E-state index in [1.165, 1.54) is 6.33 Å². The Labute approximate surface area is 157 Å². The number of furan rings is 1. The van der Waals surface area contributed by atoms with Gasteiger partial charge in [-0.1, -0.05) is 19.1 Å². The van der Waals surface area contributed by atoms with Crippen molar-refractivity contribution < 1.29 is 13.9 Å². The van der Waals surface area contributed by atoms with E-state index in [0.29, 0.717) is 17.2 Å². The molecule has 4 rings (SSSR count). The van der Waals surface area contributed by atoms with Crippen LogP contribution in [0.1, 0.15) is 30.3 Å². The van der Waals surface area contributed by atoms with Gasteiger partial charge in [0, 0.05) is 24.5 Å². The van der Waals surface area contributed by atoms with E-state index in [9.17, 15) is 4.79 Å². The molecule has 27 heavy (non-hydrogen) atoms. The van der Waals surface area contributed by atoms with Crippen molar-refractivity contribution in [2.75, 3.05) is 30.4 Å². The third-order valence-electron chi connectivity index (χ3n) is 4.95. The van der Waals surface area contributed by atoms with E-state index in [-0.39, 0.29) is 11.7 Å². The molecule has 1 fully saturated rings. The first kappa shape index (κ1) is 17.3. The molecular formula is C20H22N4O3. The van der Waals surface area contributed by atoms with E-state index in [4.69, 9.17) is 9.15 Å². The molecule has 0 spiro atoms. The van der Waals surface area contributed by atoms with Crippen LogP contribution < -0.4 is 15.0 Å². The number of benzene rings is 1. The zero-order chi connectivity index (χ0) is 18.8. The molecule has 3 aromatic rings. The predicted octanol–water partition coefficient (Wildman–Crippen LogP) is 3.72. The molecule has 140 valence electrons. The summed E-state index contributed by atoms with van der Waals surface area (Å²) in [5.74, 6) is 2.48. The topological polar surface area (TPSA) is 80.5 Å². The molecule has 1 aromatic carbocycles. The zero-order valence-corrected chi connectivity index (χ0v) is 15.4. The Kier molecular flexibility index (Phi) is 4.66. The van der Waals surface area contributed by atoms with Crippen LogP contribution in [0.25, 0.3) is 11.0 Å². The molecule has 1 saturated heterocycles. The van der Waals surface area contributed by atoms with Gasteiger partial charge in [0.05, 0.1) is 7.11 Å². The van der Waals surface area contributed by atoms with Crippen molar-refractivity contribution in [1.29, 1.82) is 0 Å². The Morgan fingerprint density at radius 1 is 1.26 bits per heavy atom. The van der Waals surface area contributed by atoms with Gasteiger partial charge in [0.2, 0.25) is 0 Å². The number of hydrogen-bond acceptors (Lipinski definition) is 6. The Bertz CT molecular complexity index is 961. The summed E-state index contributed by atoms with van der Waals surface area (Å²) >= 11 is 0. The number of hydrogen-bond donors (Lipinski definition) is 1. The summed E-state index contributed by atoms with van der Waals surface area (Å²) in [5, 5.41) is 3.60. The molecule has 0 atom stereocenters. The van der Waals surface area contributed by atoms with Crippen molar-refractivity contribution in [1.82, 2.24) is 9.97 Å². The van der Waals surface area contributed by atoms with Gasteiger partial charge in [-0.2, -0.15) is 0 Å². The van der Waals surface area contributed by atoms with Crippen molar-refractivity contribution in [3.05, 3.63) is 42.4 Å². The molecular weight excluding hydrogens is 344 g/mol. The maximum absolute atomic E-state index is 12.6. The fourth-order valence-corrected chi connectivity index (χ4v) is 3.31. The molecule has 0 unspecified atom stereocenters. The zero-order valence-electron chi connectivity index (χ0n) is 15.4. The highest BCUT2D eigenvalue weighted by Crippen LogP contribution is 2.29. The van der Waals surface area contributed by atoms with Crippen LogP contribution in [0.15, 0.2) is 41.1 Å². The number of nitrogens with one attached hydrogen (secondary N) is 1. The molecule has 0 bridgehead atoms. The molecule has 1 N–H and O–H groups in total. The smallest absolute Gasteiger partial charge is 0.292 e. The summed E-state index contributed by atoms with van der Waals surface area (Å²) in [6.45, 7) is 4.20. The Morgan fingerprint density at radius 3 is 2.85 bits per heavy atom. The number of anilines is 2. The largest absolute Gasteiger partial charge is 0.493 e. The first-order chi connectivity index (χ1) is 13.1. The van der Waals surface area contributed by atoms with Gasteiger partial charge < -0.3 is 19.4 Å². The fraction of sp³-hybridized carbons (Fsp3) is 0.350. The lowest BCUT2D eigenvalue weighted by Crippen LogP contribution is -2.33. The van der Waals surface area contributed by atoms with Crippen molar-refractivity contribution in [3.8, 4) is 5.75 Å². The number of fused-ring (bicyclic) bond motifs is 1. The second kappa shape index (κ2) is 7.26. The van der Waals surface area contributed by atoms with Gasteiger partial charge in [0.1, 0.15) is 18.0 Å². The highest BCUT2D eigenvalue weighted by Gasteiger charge is 2.19. The van der Waals surface area contributed by atoms with Crippen molar-refractivity contribution in [2.24, 2.45) is 5.92 Å². The minimum absolute atomic E-state index is 0.210. The van der Waals surface area contributed by atoms with E-state index in [0.717, 1.165) is 43.1 Å². The number of aromatic nitrogens is 2. The molecule has 0 radical (unpaired) electrons. The van der Waals surface area contributed by atoms with Crippen LogP contribution in [-0.2, 0) is 0 Å². The minimum atomic E-state index is -0.356. The molecule has 1 amide bonds. The van der Waals surface area contributed by atoms with Crippen LogP contribution in [0.4, 0.5) is 11.6 Å². The van der Waals surface area contributed by atoms with Crippen molar-refractivity contribution in [3.63, 3.8) is 0 Å². The summed E-state index contributed by atoms with van der Waals surface area (Å²) in [4.78, 5) is 23.3. The van der Waals surface area contributed by atoms with Gasteiger partial charge in [-0.05, 0) is 30.9 Å². The SMILES string of the molecule is COc1cccc2cc(C(=O)Nc3cc(N4CCC(C)CC4)ncn3)oc12. The lowest BCUT2D eigenvalue weighted by atomic mass is 9.99. The van der Waals surface area contributed by atoms with E-state index >= 15 is 0 Å². The molecule has 0 saturated carbocycles. The normalized spacial score (nSPS) is 15.1. The quantitative estimate of drug-likeness (QED) is 0.758. The number of amides is 1. The minimum Gasteiger partial charge on any atom is -0.493 e. The van der Waals surface area contributed by atoms with Gasteiger partial charge >= 0.3 is 0 Å². The average molecular weight is 366 g/mol. The summed E-state index contributed by atoms with van der Waals surface area (Å²) < 4.78 is 11.0. The van der Waals surface area contributed by atoms with E-state index < -0.39 is 0 Å². The number of ether oxygens (including phenoxy) is 1. The Balaban J connectivity index is 1.52. The number of nitrogens with zero attached hydrogens (tertiary/aromatic N) is 3. The van der Waals surface area contributed by atoms with Gasteiger partial charge in [0.25, 0.3) is 5.91 Å². The van der Waals surface area contributed by atoms with E-state index in [1.807, 2.05) is 12.1 Å². The van der Waals surface area contributed by atoms with Gasteiger partial charge in [-0.25, -0.2) is 9.97 Å². The van der Waals surface area contributed by atoms with Crippen LogP contribution in [0.5, 0.6) is 5.75 Å². The van der Waals surface area contributed by atoms with Crippen LogP contribution in [0, 0.1) is 5.92 Å². The first-order valence-electron chi connectivity index (χ1n) is 9.09. The van der Waals surface area contributed by atoms with Crippen LogP contribution in [0.3, 0.4) is 0 Å². The molecule has 0 aliphatic carbocycles. The van der Waals surface area contributed by atoms with Crippen molar-refractivity contribution >= 4 is 28.5 Å². The highest BCUT2D eigenvalue weighted by molar-refractivity contribution is 6.04. The first-order valence-corrected chi connectivity index (χ1v) is 9.09. The second-order valence-corrected chi connectivity index (χ2v) is 6.87. The number of carbonyl (C=O) groups excluding carboxylic acids is 1. The molecule has 7 heteroatoms. The third-order valence-corrected chi connectivity index (χ3v) is 4.95. The van der Waals surface area contributed by atoms with Crippen LogP contribution in [-0.4, -0.2) is 36.1 Å². The Morgan fingerprint density at radius 2 is 2.07 bits per heavy atom. The van der Waals surface area contributed by atoms with Crippen molar-refractivity contribution in [2.45, 2.75) is 19.8 Å². The van der Waals surface area contributed by atoms with Gasteiger partial charge in [-0.3, -0.25) is 4.79 Å². The predicted molar refractivity (Wildman–Crippen MR) is 103 cm³/mol. The van der Waals surface area contributed by atoms with Crippen LogP contribution in [0.2, 0.25) is 0 Å². The third kappa shape index (κ3) is 3.58. The Hall–Kier alpha value is -3.09. The number of carbonyl (C=O) groups is 1. The summed E-state index contributed by atoms with van der Waals surface area (Å²) in [6, 6.07) is 9.02. The maximum atomic E-state index is 12.6. The molecule has 1 aliphatic rings. The van der Waals surface area contributed by atoms with E-state index in [2.05, 4.69) is 27.1 Å². The van der Waals surface area contributed by atoms with Gasteiger partial charge in [-0.15, -0.1) is 0 Å². The summed E-state index contributed by atoms with van der Waals surface area (Å²) in [5.41, 5.74) is 0.552. The van der Waals surface area contributed by atoms with Gasteiger partial charge in [0.15, 0.2) is 17.1 Å². The average Bonchev–Trinajstić information content (AvgIpc) is 3.13. The molecule has 2 aromatic heterocycles. The maximum Gasteiger partial charge on any atom is 0.292 e. The summed E-state index contributed by atoms with van der Waals surface area (Å²) in [7, 11) is 1.57. The molecule has 7 nitrogen and oxygen atoms in total. The number of methoxy groups -OCH3 is 1. The second-order valence-electron chi connectivity index (χ2n) is 6.87. The molecule has 3 heterocycles. The highest BCUT2D eigenvalue weighted by atomic mass is 16.5. The summed E-state index contributed by atoms with van der Waals surface area (Å²) in [6.07, 6.45) is 3.77.